The standard InChI is InChI=1S/C45H69N7O12/c1-8-9-19-30(38(59)40(46)60)49-41(61)31(22-26(2)3)50-43(63)39(45(5,6)7)51-42(62)32(23-28-16-14-13-15-27(28)4)47-35(54)25-52(29-17-11-10-12-18-29)44(64)33(24-37(57)58)48-34(53)20-21-36(55)56/h13-16,26,29-33,39H,8-12,17-25H2,1-7H3,(H2,46,60)(H,47,54)(H,48,53)(H,49,61)(H,50,63)(H,51,62)(H,55,56)(H,57,58)/t30-,31-,32-,33-,39+/m0/s1. The van der Waals surface area contributed by atoms with Crippen molar-refractivity contribution in [2.24, 2.45) is 17.1 Å². The summed E-state index contributed by atoms with van der Waals surface area (Å²) < 4.78 is 0. The lowest BCUT2D eigenvalue weighted by molar-refractivity contribution is -0.147. The number of amides is 7. The Hall–Kier alpha value is -5.88. The van der Waals surface area contributed by atoms with Crippen LogP contribution in [0.15, 0.2) is 24.3 Å². The van der Waals surface area contributed by atoms with Crippen molar-refractivity contribution in [3.8, 4) is 0 Å². The topological polar surface area (TPSA) is 301 Å². The first kappa shape index (κ1) is 54.3. The number of primary amides is 1. The van der Waals surface area contributed by atoms with Crippen LogP contribution in [0.25, 0.3) is 0 Å². The predicted molar refractivity (Wildman–Crippen MR) is 235 cm³/mol. The van der Waals surface area contributed by atoms with Gasteiger partial charge in [-0.1, -0.05) is 97.9 Å². The van der Waals surface area contributed by atoms with Crippen molar-refractivity contribution in [3.63, 3.8) is 0 Å². The highest BCUT2D eigenvalue weighted by molar-refractivity contribution is 6.37. The fourth-order valence-electron chi connectivity index (χ4n) is 7.50. The van der Waals surface area contributed by atoms with Gasteiger partial charge in [0.15, 0.2) is 0 Å². The second kappa shape index (κ2) is 26.0. The summed E-state index contributed by atoms with van der Waals surface area (Å²) in [7, 11) is 0. The van der Waals surface area contributed by atoms with Gasteiger partial charge in [-0.15, -0.1) is 0 Å². The summed E-state index contributed by atoms with van der Waals surface area (Å²) in [6, 6.07) is 0.0198. The van der Waals surface area contributed by atoms with E-state index in [9.17, 15) is 53.1 Å². The van der Waals surface area contributed by atoms with Crippen LogP contribution in [-0.2, 0) is 54.4 Å². The molecule has 1 fully saturated rings. The maximum Gasteiger partial charge on any atom is 0.305 e. The number of hydrogen-bond acceptors (Lipinski definition) is 10. The monoisotopic (exact) mass is 900 g/mol. The number of rotatable bonds is 26. The van der Waals surface area contributed by atoms with Gasteiger partial charge in [-0.25, -0.2) is 0 Å². The lowest BCUT2D eigenvalue weighted by atomic mass is 9.85. The lowest BCUT2D eigenvalue weighted by Gasteiger charge is -2.36. The summed E-state index contributed by atoms with van der Waals surface area (Å²) in [5, 5.41) is 31.8. The fraction of sp³-hybridized carbons (Fsp3) is 0.644. The van der Waals surface area contributed by atoms with Crippen molar-refractivity contribution < 1.29 is 58.2 Å². The maximum absolute atomic E-state index is 14.4. The van der Waals surface area contributed by atoms with Gasteiger partial charge in [-0.2, -0.15) is 0 Å². The van der Waals surface area contributed by atoms with E-state index >= 15 is 0 Å². The van der Waals surface area contributed by atoms with E-state index in [0.29, 0.717) is 44.1 Å². The Labute approximate surface area is 375 Å². The van der Waals surface area contributed by atoms with Crippen molar-refractivity contribution >= 4 is 59.1 Å². The number of nitrogens with one attached hydrogen (secondary N) is 5. The van der Waals surface area contributed by atoms with Gasteiger partial charge in [0.05, 0.1) is 25.4 Å². The average molecular weight is 900 g/mol. The van der Waals surface area contributed by atoms with Gasteiger partial charge in [-0.3, -0.25) is 47.9 Å². The summed E-state index contributed by atoms with van der Waals surface area (Å²) >= 11 is 0. The summed E-state index contributed by atoms with van der Waals surface area (Å²) in [6.45, 7) is 11.8. The minimum absolute atomic E-state index is 0.0488. The van der Waals surface area contributed by atoms with Crippen LogP contribution in [0, 0.1) is 18.3 Å². The molecule has 64 heavy (non-hydrogen) atoms. The third-order valence-electron chi connectivity index (χ3n) is 11.0. The molecule has 0 unspecified atom stereocenters. The summed E-state index contributed by atoms with van der Waals surface area (Å²) in [5.41, 5.74) is 5.76. The van der Waals surface area contributed by atoms with E-state index in [2.05, 4.69) is 26.6 Å². The molecule has 1 aliphatic carbocycles. The zero-order chi connectivity index (χ0) is 48.3. The second-order valence-electron chi connectivity index (χ2n) is 18.1. The Balaban J connectivity index is 2.49. The van der Waals surface area contributed by atoms with Crippen LogP contribution in [0.2, 0.25) is 0 Å². The molecule has 1 aromatic rings. The lowest BCUT2D eigenvalue weighted by Crippen LogP contribution is -2.62. The first-order valence-corrected chi connectivity index (χ1v) is 22.1. The Morgan fingerprint density at radius 2 is 1.34 bits per heavy atom. The third kappa shape index (κ3) is 18.5. The number of nitrogens with zero attached hydrogens (tertiary/aromatic N) is 1. The Morgan fingerprint density at radius 3 is 1.89 bits per heavy atom. The number of carbonyl (C=O) groups excluding carboxylic acids is 8. The molecule has 0 heterocycles. The van der Waals surface area contributed by atoms with Crippen molar-refractivity contribution in [1.29, 1.82) is 0 Å². The van der Waals surface area contributed by atoms with Crippen molar-refractivity contribution in [3.05, 3.63) is 35.4 Å². The Bertz CT molecular complexity index is 1840. The molecule has 0 radical (unpaired) electrons. The predicted octanol–water partition coefficient (Wildman–Crippen LogP) is 1.80. The first-order chi connectivity index (χ1) is 29.9. The molecule has 1 aliphatic rings. The van der Waals surface area contributed by atoms with Crippen LogP contribution in [0.3, 0.4) is 0 Å². The smallest absolute Gasteiger partial charge is 0.305 e. The van der Waals surface area contributed by atoms with Crippen LogP contribution in [0.5, 0.6) is 0 Å². The van der Waals surface area contributed by atoms with E-state index in [1.165, 1.54) is 4.90 Å². The van der Waals surface area contributed by atoms with E-state index in [-0.39, 0.29) is 25.2 Å². The summed E-state index contributed by atoms with van der Waals surface area (Å²) in [6.07, 6.45) is 2.80. The number of ketones is 1. The van der Waals surface area contributed by atoms with Gasteiger partial charge in [0.1, 0.15) is 24.2 Å². The molecule has 0 aromatic heterocycles. The SMILES string of the molecule is CCCC[C@H](NC(=O)[C@H](CC(C)C)NC(=O)[C@@H](NC(=O)[C@H](Cc1ccccc1C)NC(=O)CN(C(=O)[C@H](CC(=O)O)NC(=O)CCC(=O)O)C1CCCCC1)C(C)(C)C)C(=O)C(N)=O. The number of aliphatic carboxylic acids is 2. The van der Waals surface area contributed by atoms with Gasteiger partial charge in [-0.05, 0) is 55.1 Å². The zero-order valence-electron chi connectivity index (χ0n) is 38.3. The zero-order valence-corrected chi connectivity index (χ0v) is 38.3. The summed E-state index contributed by atoms with van der Waals surface area (Å²) in [4.78, 5) is 132. The molecular weight excluding hydrogens is 831 g/mol. The number of aryl methyl sites for hydroxylation is 1. The molecule has 9 N–H and O–H groups in total. The van der Waals surface area contributed by atoms with Crippen LogP contribution >= 0.6 is 0 Å². The van der Waals surface area contributed by atoms with Gasteiger partial charge < -0.3 is 47.4 Å². The Kier molecular flexibility index (Phi) is 22.1. The van der Waals surface area contributed by atoms with Gasteiger partial charge in [0.2, 0.25) is 41.2 Å². The minimum Gasteiger partial charge on any atom is -0.481 e. The molecular formula is C45H69N7O12. The molecule has 0 saturated heterocycles. The van der Waals surface area contributed by atoms with Crippen molar-refractivity contribution in [1.82, 2.24) is 31.5 Å². The number of benzene rings is 1. The maximum atomic E-state index is 14.4. The van der Waals surface area contributed by atoms with E-state index in [1.54, 1.807) is 39.0 Å². The molecule has 0 bridgehead atoms. The van der Waals surface area contributed by atoms with Gasteiger partial charge in [0, 0.05) is 18.9 Å². The molecule has 5 atom stereocenters. The highest BCUT2D eigenvalue weighted by Gasteiger charge is 2.39. The van der Waals surface area contributed by atoms with Gasteiger partial charge in [0.25, 0.3) is 5.91 Å². The fourth-order valence-corrected chi connectivity index (χ4v) is 7.50. The second-order valence-corrected chi connectivity index (χ2v) is 18.1. The van der Waals surface area contributed by atoms with E-state index in [4.69, 9.17) is 10.8 Å². The molecule has 356 valence electrons. The normalized spacial score (nSPS) is 15.3. The van der Waals surface area contributed by atoms with E-state index in [1.807, 2.05) is 33.8 Å². The molecule has 1 aromatic carbocycles. The third-order valence-corrected chi connectivity index (χ3v) is 11.0. The average Bonchev–Trinajstić information content (AvgIpc) is 3.21. The molecule has 2 rings (SSSR count). The van der Waals surface area contributed by atoms with Crippen molar-refractivity contribution in [2.45, 2.75) is 168 Å². The minimum atomic E-state index is -1.61. The largest absolute Gasteiger partial charge is 0.481 e. The van der Waals surface area contributed by atoms with Crippen LogP contribution in [0.1, 0.15) is 130 Å². The number of unbranched alkanes of at least 4 members (excludes halogenated alkanes) is 1. The van der Waals surface area contributed by atoms with E-state index in [0.717, 1.165) is 12.0 Å². The number of hydrogen-bond donors (Lipinski definition) is 8. The van der Waals surface area contributed by atoms with Crippen LogP contribution in [-0.4, -0.2) is 117 Å². The first-order valence-electron chi connectivity index (χ1n) is 22.1. The summed E-state index contributed by atoms with van der Waals surface area (Å²) in [5.74, 6) is -9.69. The molecule has 1 saturated carbocycles. The van der Waals surface area contributed by atoms with Crippen LogP contribution in [0.4, 0.5) is 0 Å². The molecule has 7 amide bonds. The highest BCUT2D eigenvalue weighted by atomic mass is 16.4. The molecule has 0 aliphatic heterocycles. The van der Waals surface area contributed by atoms with E-state index < -0.39 is 127 Å². The van der Waals surface area contributed by atoms with Crippen molar-refractivity contribution in [2.75, 3.05) is 6.54 Å². The Morgan fingerprint density at radius 1 is 0.750 bits per heavy atom. The van der Waals surface area contributed by atoms with Crippen LogP contribution < -0.4 is 32.3 Å². The quantitative estimate of drug-likeness (QED) is 0.0618. The van der Waals surface area contributed by atoms with Gasteiger partial charge >= 0.3 is 11.9 Å². The highest BCUT2D eigenvalue weighted by Crippen LogP contribution is 2.24. The molecule has 19 nitrogen and oxygen atoms in total. The molecule has 0 spiro atoms. The number of carboxylic acids is 2. The number of Topliss-reactive ketones (excluding diaryl/α,β-unsaturated/α-hetero) is 1. The number of carbonyl (C=O) groups is 10. The number of carboxylic acid groups (broad SMARTS) is 2. The molecule has 19 heteroatoms. The number of nitrogens with two attached hydrogens (primary N) is 1.